The average Bonchev–Trinajstić information content (AvgIpc) is 2.84. The van der Waals surface area contributed by atoms with Gasteiger partial charge in [0.15, 0.2) is 0 Å². The summed E-state index contributed by atoms with van der Waals surface area (Å²) in [6.45, 7) is 2.21. The van der Waals surface area contributed by atoms with Crippen molar-refractivity contribution in [3.05, 3.63) is 29.8 Å². The smallest absolute Gasteiger partial charge is 0.125 e. The molecule has 0 amide bonds. The molecule has 2 nitrogen and oxygen atoms in total. The van der Waals surface area contributed by atoms with E-state index in [2.05, 4.69) is 16.9 Å². The number of aromatic nitrogens is 2. The maximum atomic E-state index is 13.1. The fourth-order valence-corrected chi connectivity index (χ4v) is 3.46. The van der Waals surface area contributed by atoms with Crippen LogP contribution in [0, 0.1) is 5.82 Å². The third-order valence-electron chi connectivity index (χ3n) is 3.16. The van der Waals surface area contributed by atoms with E-state index in [9.17, 15) is 4.39 Å². The second-order valence-electron chi connectivity index (χ2n) is 4.43. The number of benzene rings is 1. The van der Waals surface area contributed by atoms with E-state index in [0.717, 1.165) is 23.3 Å². The summed E-state index contributed by atoms with van der Waals surface area (Å²) in [5.41, 5.74) is 1.65. The average molecular weight is 236 g/mol. The zero-order valence-corrected chi connectivity index (χ0v) is 9.90. The second kappa shape index (κ2) is 3.48. The summed E-state index contributed by atoms with van der Waals surface area (Å²) in [6, 6.07) is 4.69. The van der Waals surface area contributed by atoms with Crippen LogP contribution in [0.4, 0.5) is 4.39 Å². The Labute approximate surface area is 97.6 Å². The van der Waals surface area contributed by atoms with Crippen LogP contribution in [0.3, 0.4) is 0 Å². The lowest BCUT2D eigenvalue weighted by atomic mass is 10.1. The fraction of sp³-hybridized carbons (Fsp3) is 0.417. The van der Waals surface area contributed by atoms with Gasteiger partial charge >= 0.3 is 0 Å². The molecular formula is C12H13FN2S. The van der Waals surface area contributed by atoms with Crippen molar-refractivity contribution in [2.75, 3.05) is 5.75 Å². The van der Waals surface area contributed by atoms with Crippen LogP contribution in [0.2, 0.25) is 0 Å². The van der Waals surface area contributed by atoms with Crippen molar-refractivity contribution in [3.63, 3.8) is 0 Å². The molecule has 2 aromatic rings. The van der Waals surface area contributed by atoms with Crippen molar-refractivity contribution >= 4 is 22.8 Å². The van der Waals surface area contributed by atoms with Crippen molar-refractivity contribution in [3.8, 4) is 0 Å². The summed E-state index contributed by atoms with van der Waals surface area (Å²) in [7, 11) is 0. The Balaban J connectivity index is 2.11. The maximum Gasteiger partial charge on any atom is 0.125 e. The fourth-order valence-electron chi connectivity index (χ4n) is 2.20. The van der Waals surface area contributed by atoms with Gasteiger partial charge in [0.1, 0.15) is 11.6 Å². The van der Waals surface area contributed by atoms with Crippen LogP contribution in [0.1, 0.15) is 25.6 Å². The zero-order valence-electron chi connectivity index (χ0n) is 9.09. The number of nitrogens with one attached hydrogen (secondary N) is 1. The van der Waals surface area contributed by atoms with E-state index in [1.807, 2.05) is 11.8 Å². The van der Waals surface area contributed by atoms with Crippen molar-refractivity contribution in [2.45, 2.75) is 24.5 Å². The van der Waals surface area contributed by atoms with Crippen LogP contribution in [0.15, 0.2) is 18.2 Å². The predicted octanol–water partition coefficient (Wildman–Crippen LogP) is 3.44. The van der Waals surface area contributed by atoms with Gasteiger partial charge in [-0.15, -0.1) is 11.8 Å². The van der Waals surface area contributed by atoms with Crippen LogP contribution in [0.5, 0.6) is 0 Å². The topological polar surface area (TPSA) is 28.7 Å². The molecule has 0 saturated carbocycles. The minimum atomic E-state index is -0.216. The van der Waals surface area contributed by atoms with Gasteiger partial charge in [0.2, 0.25) is 0 Å². The molecule has 1 fully saturated rings. The molecule has 0 aliphatic carbocycles. The minimum absolute atomic E-state index is 0.0789. The molecule has 0 radical (unpaired) electrons. The number of hydrogen-bond acceptors (Lipinski definition) is 2. The standard InChI is InChI=1S/C12H13FN2S/c1-12(5-2-6-16-12)11-14-9-4-3-8(13)7-10(9)15-11/h3-4,7H,2,5-6H2,1H3,(H,14,15). The molecule has 1 saturated heterocycles. The van der Waals surface area contributed by atoms with Gasteiger partial charge in [-0.3, -0.25) is 0 Å². The van der Waals surface area contributed by atoms with Gasteiger partial charge in [-0.2, -0.15) is 0 Å². The predicted molar refractivity (Wildman–Crippen MR) is 65.1 cm³/mol. The molecule has 0 bridgehead atoms. The van der Waals surface area contributed by atoms with E-state index in [0.29, 0.717) is 0 Å². The highest BCUT2D eigenvalue weighted by Gasteiger charge is 2.34. The lowest BCUT2D eigenvalue weighted by Crippen LogP contribution is -2.14. The van der Waals surface area contributed by atoms with E-state index >= 15 is 0 Å². The lowest BCUT2D eigenvalue weighted by molar-refractivity contribution is 0.613. The van der Waals surface area contributed by atoms with Gasteiger partial charge in [-0.05, 0) is 43.7 Å². The molecule has 4 heteroatoms. The summed E-state index contributed by atoms with van der Waals surface area (Å²) < 4.78 is 13.1. The zero-order chi connectivity index (χ0) is 11.2. The van der Waals surface area contributed by atoms with Crippen LogP contribution < -0.4 is 0 Å². The summed E-state index contributed by atoms with van der Waals surface area (Å²) in [5.74, 6) is 1.95. The number of fused-ring (bicyclic) bond motifs is 1. The normalized spacial score (nSPS) is 25.4. The number of aromatic amines is 1. The van der Waals surface area contributed by atoms with Crippen molar-refractivity contribution in [2.24, 2.45) is 0 Å². The molecule has 16 heavy (non-hydrogen) atoms. The summed E-state index contributed by atoms with van der Waals surface area (Å²) in [5, 5.41) is 0. The number of nitrogens with zero attached hydrogens (tertiary/aromatic N) is 1. The Kier molecular flexibility index (Phi) is 2.21. The van der Waals surface area contributed by atoms with Crippen molar-refractivity contribution in [1.82, 2.24) is 9.97 Å². The van der Waals surface area contributed by atoms with Gasteiger partial charge < -0.3 is 4.98 Å². The van der Waals surface area contributed by atoms with E-state index in [1.54, 1.807) is 6.07 Å². The first-order chi connectivity index (χ1) is 7.67. The highest BCUT2D eigenvalue weighted by Crippen LogP contribution is 2.45. The van der Waals surface area contributed by atoms with E-state index in [4.69, 9.17) is 0 Å². The number of imidazole rings is 1. The molecular weight excluding hydrogens is 223 g/mol. The summed E-state index contributed by atoms with van der Waals surface area (Å²) in [6.07, 6.45) is 2.37. The Hall–Kier alpha value is -1.03. The number of halogens is 1. The molecule has 1 unspecified atom stereocenters. The first-order valence-corrected chi connectivity index (χ1v) is 6.46. The Morgan fingerprint density at radius 1 is 1.50 bits per heavy atom. The Morgan fingerprint density at radius 2 is 2.38 bits per heavy atom. The molecule has 2 heterocycles. The Bertz CT molecular complexity index is 529. The molecule has 1 aliphatic heterocycles. The first kappa shape index (κ1) is 10.1. The molecule has 1 atom stereocenters. The van der Waals surface area contributed by atoms with E-state index in [1.165, 1.54) is 24.3 Å². The summed E-state index contributed by atoms with van der Waals surface area (Å²) >= 11 is 1.93. The first-order valence-electron chi connectivity index (χ1n) is 5.47. The lowest BCUT2D eigenvalue weighted by Gasteiger charge is -2.18. The number of thioether (sulfide) groups is 1. The Morgan fingerprint density at radius 3 is 3.12 bits per heavy atom. The van der Waals surface area contributed by atoms with Gasteiger partial charge in [0, 0.05) is 0 Å². The highest BCUT2D eigenvalue weighted by atomic mass is 32.2. The number of rotatable bonds is 1. The quantitative estimate of drug-likeness (QED) is 0.821. The minimum Gasteiger partial charge on any atom is -0.341 e. The molecule has 0 spiro atoms. The van der Waals surface area contributed by atoms with Crippen LogP contribution >= 0.6 is 11.8 Å². The number of hydrogen-bond donors (Lipinski definition) is 1. The molecule has 1 aromatic carbocycles. The van der Waals surface area contributed by atoms with Crippen molar-refractivity contribution < 1.29 is 4.39 Å². The van der Waals surface area contributed by atoms with Crippen LogP contribution in [-0.2, 0) is 4.75 Å². The largest absolute Gasteiger partial charge is 0.341 e. The van der Waals surface area contributed by atoms with E-state index in [-0.39, 0.29) is 10.6 Å². The third kappa shape index (κ3) is 1.52. The van der Waals surface area contributed by atoms with Crippen LogP contribution in [-0.4, -0.2) is 15.7 Å². The molecule has 1 aliphatic rings. The monoisotopic (exact) mass is 236 g/mol. The maximum absolute atomic E-state index is 13.1. The molecule has 1 aromatic heterocycles. The van der Waals surface area contributed by atoms with E-state index < -0.39 is 0 Å². The third-order valence-corrected chi connectivity index (χ3v) is 4.69. The second-order valence-corrected chi connectivity index (χ2v) is 6.03. The van der Waals surface area contributed by atoms with Gasteiger partial charge in [0.05, 0.1) is 15.8 Å². The highest BCUT2D eigenvalue weighted by molar-refractivity contribution is 8.00. The van der Waals surface area contributed by atoms with Gasteiger partial charge in [0.25, 0.3) is 0 Å². The number of H-pyrrole nitrogens is 1. The van der Waals surface area contributed by atoms with Gasteiger partial charge in [-0.25, -0.2) is 9.37 Å². The van der Waals surface area contributed by atoms with Gasteiger partial charge in [-0.1, -0.05) is 0 Å². The van der Waals surface area contributed by atoms with Crippen LogP contribution in [0.25, 0.3) is 11.0 Å². The summed E-state index contributed by atoms with van der Waals surface area (Å²) in [4.78, 5) is 7.81. The molecule has 1 N–H and O–H groups in total. The van der Waals surface area contributed by atoms with Crippen molar-refractivity contribution in [1.29, 1.82) is 0 Å². The molecule has 3 rings (SSSR count). The molecule has 84 valence electrons. The SMILES string of the molecule is CC1(c2nc3ccc(F)cc3[nH]2)CCCS1.